The van der Waals surface area contributed by atoms with Crippen LogP contribution >= 0.6 is 11.8 Å². The lowest BCUT2D eigenvalue weighted by atomic mass is 10.2. The number of amides is 1. The molecule has 98 valence electrons. The Labute approximate surface area is 110 Å². The van der Waals surface area contributed by atoms with Crippen LogP contribution in [0.15, 0.2) is 17.2 Å². The molecule has 1 heterocycles. The Balaban J connectivity index is 2.85. The summed E-state index contributed by atoms with van der Waals surface area (Å²) in [4.78, 5) is 28.2. The van der Waals surface area contributed by atoms with Gasteiger partial charge in [0.2, 0.25) is 5.91 Å². The molecule has 5 nitrogen and oxygen atoms in total. The first-order valence-corrected chi connectivity index (χ1v) is 6.49. The van der Waals surface area contributed by atoms with Crippen LogP contribution in [-0.4, -0.2) is 46.7 Å². The van der Waals surface area contributed by atoms with Gasteiger partial charge in [0, 0.05) is 19.8 Å². The van der Waals surface area contributed by atoms with E-state index in [0.29, 0.717) is 11.4 Å². The Hall–Kier alpha value is -1.56. The van der Waals surface area contributed by atoms with Crippen molar-refractivity contribution in [3.8, 4) is 0 Å². The second-order valence-electron chi connectivity index (χ2n) is 3.92. The van der Waals surface area contributed by atoms with E-state index in [1.54, 1.807) is 20.2 Å². The Bertz CT molecular complexity index is 461. The summed E-state index contributed by atoms with van der Waals surface area (Å²) in [5.74, 6) is -0.750. The predicted molar refractivity (Wildman–Crippen MR) is 70.0 cm³/mol. The van der Waals surface area contributed by atoms with Gasteiger partial charge in [-0.15, -0.1) is 0 Å². The number of carbonyl (C=O) groups excluding carboxylic acids is 1. The van der Waals surface area contributed by atoms with Gasteiger partial charge in [0.1, 0.15) is 0 Å². The van der Waals surface area contributed by atoms with E-state index in [1.807, 2.05) is 6.92 Å². The SMILES string of the molecule is CCc1cc(C(=O)O)cc(SCC(=O)N(C)C)n1. The average molecular weight is 268 g/mol. The molecule has 0 saturated heterocycles. The van der Waals surface area contributed by atoms with Gasteiger partial charge in [0.25, 0.3) is 0 Å². The van der Waals surface area contributed by atoms with Crippen LogP contribution in [-0.2, 0) is 11.2 Å². The van der Waals surface area contributed by atoms with E-state index in [4.69, 9.17) is 5.11 Å². The molecule has 0 aliphatic rings. The fourth-order valence-electron chi connectivity index (χ4n) is 1.20. The van der Waals surface area contributed by atoms with Gasteiger partial charge in [-0.05, 0) is 18.6 Å². The number of aromatic nitrogens is 1. The molecule has 0 aliphatic carbocycles. The van der Waals surface area contributed by atoms with Gasteiger partial charge in [0.15, 0.2) is 0 Å². The fraction of sp³-hybridized carbons (Fsp3) is 0.417. The average Bonchev–Trinajstić information content (AvgIpc) is 2.35. The van der Waals surface area contributed by atoms with Gasteiger partial charge in [-0.25, -0.2) is 9.78 Å². The van der Waals surface area contributed by atoms with Crippen LogP contribution in [0.25, 0.3) is 0 Å². The molecule has 1 aromatic heterocycles. The number of carboxylic acid groups (broad SMARTS) is 1. The van der Waals surface area contributed by atoms with Gasteiger partial charge < -0.3 is 10.0 Å². The highest BCUT2D eigenvalue weighted by molar-refractivity contribution is 7.99. The number of pyridine rings is 1. The van der Waals surface area contributed by atoms with Crippen LogP contribution in [0.1, 0.15) is 23.0 Å². The lowest BCUT2D eigenvalue weighted by Gasteiger charge is -2.10. The minimum atomic E-state index is -0.979. The van der Waals surface area contributed by atoms with Crippen molar-refractivity contribution >= 4 is 23.6 Å². The Kier molecular flexibility index (Phi) is 5.15. The smallest absolute Gasteiger partial charge is 0.335 e. The van der Waals surface area contributed by atoms with E-state index >= 15 is 0 Å². The topological polar surface area (TPSA) is 70.5 Å². The first-order chi connectivity index (χ1) is 8.43. The minimum Gasteiger partial charge on any atom is -0.478 e. The maximum absolute atomic E-state index is 11.5. The molecule has 0 bridgehead atoms. The van der Waals surface area contributed by atoms with E-state index in [0.717, 1.165) is 5.69 Å². The zero-order valence-electron chi connectivity index (χ0n) is 10.6. The number of hydrogen-bond donors (Lipinski definition) is 1. The van der Waals surface area contributed by atoms with Gasteiger partial charge in [-0.3, -0.25) is 4.79 Å². The molecule has 1 amide bonds. The normalized spacial score (nSPS) is 10.2. The zero-order valence-corrected chi connectivity index (χ0v) is 11.5. The molecule has 0 atom stereocenters. The molecule has 0 unspecified atom stereocenters. The Morgan fingerprint density at radius 2 is 2.06 bits per heavy atom. The summed E-state index contributed by atoms with van der Waals surface area (Å²) in [7, 11) is 3.36. The summed E-state index contributed by atoms with van der Waals surface area (Å²) in [6.45, 7) is 1.91. The summed E-state index contributed by atoms with van der Waals surface area (Å²) < 4.78 is 0. The van der Waals surface area contributed by atoms with Crippen LogP contribution in [0.3, 0.4) is 0 Å². The number of nitrogens with zero attached hydrogens (tertiary/aromatic N) is 2. The van der Waals surface area contributed by atoms with Crippen LogP contribution in [0.2, 0.25) is 0 Å². The van der Waals surface area contributed by atoms with E-state index in [2.05, 4.69) is 4.98 Å². The highest BCUT2D eigenvalue weighted by atomic mass is 32.2. The summed E-state index contributed by atoms with van der Waals surface area (Å²) in [5, 5.41) is 9.55. The first kappa shape index (κ1) is 14.5. The van der Waals surface area contributed by atoms with Crippen molar-refractivity contribution < 1.29 is 14.7 Å². The van der Waals surface area contributed by atoms with Crippen LogP contribution in [0.4, 0.5) is 0 Å². The molecule has 0 fully saturated rings. The van der Waals surface area contributed by atoms with Crippen molar-refractivity contribution in [3.05, 3.63) is 23.4 Å². The maximum atomic E-state index is 11.5. The van der Waals surface area contributed by atoms with Crippen molar-refractivity contribution in [2.45, 2.75) is 18.4 Å². The lowest BCUT2D eigenvalue weighted by Crippen LogP contribution is -2.23. The number of thioether (sulfide) groups is 1. The van der Waals surface area contributed by atoms with Gasteiger partial charge >= 0.3 is 5.97 Å². The molecule has 0 radical (unpaired) electrons. The van der Waals surface area contributed by atoms with Gasteiger partial charge in [-0.2, -0.15) is 0 Å². The molecule has 0 saturated carbocycles. The van der Waals surface area contributed by atoms with Crippen molar-refractivity contribution in [2.75, 3.05) is 19.8 Å². The Morgan fingerprint density at radius 1 is 1.39 bits per heavy atom. The van der Waals surface area contributed by atoms with E-state index in [-0.39, 0.29) is 17.2 Å². The van der Waals surface area contributed by atoms with Crippen molar-refractivity contribution in [1.82, 2.24) is 9.88 Å². The molecule has 0 aliphatic heterocycles. The number of aryl methyl sites for hydroxylation is 1. The number of carboxylic acids is 1. The van der Waals surface area contributed by atoms with Crippen molar-refractivity contribution in [2.24, 2.45) is 0 Å². The second kappa shape index (κ2) is 6.39. The summed E-state index contributed by atoms with van der Waals surface area (Å²) >= 11 is 1.25. The van der Waals surface area contributed by atoms with Crippen LogP contribution < -0.4 is 0 Å². The molecular weight excluding hydrogens is 252 g/mol. The third kappa shape index (κ3) is 4.03. The molecule has 1 aromatic rings. The van der Waals surface area contributed by atoms with E-state index < -0.39 is 5.97 Å². The largest absolute Gasteiger partial charge is 0.478 e. The van der Waals surface area contributed by atoms with Crippen molar-refractivity contribution in [3.63, 3.8) is 0 Å². The first-order valence-electron chi connectivity index (χ1n) is 5.51. The number of carbonyl (C=O) groups is 2. The quantitative estimate of drug-likeness (QED) is 0.820. The monoisotopic (exact) mass is 268 g/mol. The van der Waals surface area contributed by atoms with Crippen LogP contribution in [0, 0.1) is 0 Å². The minimum absolute atomic E-state index is 0.0272. The molecule has 0 spiro atoms. The fourth-order valence-corrected chi connectivity index (χ4v) is 2.13. The standard InChI is InChI=1S/C12H16N2O3S/c1-4-9-5-8(12(16)17)6-10(13-9)18-7-11(15)14(2)3/h5-6H,4,7H2,1-3H3,(H,16,17). The molecule has 1 rings (SSSR count). The van der Waals surface area contributed by atoms with Gasteiger partial charge in [-0.1, -0.05) is 18.7 Å². The lowest BCUT2D eigenvalue weighted by molar-refractivity contribution is -0.125. The molecule has 0 aromatic carbocycles. The van der Waals surface area contributed by atoms with Gasteiger partial charge in [0.05, 0.1) is 16.3 Å². The highest BCUT2D eigenvalue weighted by Crippen LogP contribution is 2.18. The number of hydrogen-bond acceptors (Lipinski definition) is 4. The number of aromatic carboxylic acids is 1. The third-order valence-electron chi connectivity index (χ3n) is 2.31. The van der Waals surface area contributed by atoms with Crippen LogP contribution in [0.5, 0.6) is 0 Å². The van der Waals surface area contributed by atoms with E-state index in [9.17, 15) is 9.59 Å². The summed E-state index contributed by atoms with van der Waals surface area (Å²) in [6, 6.07) is 3.05. The summed E-state index contributed by atoms with van der Waals surface area (Å²) in [5.41, 5.74) is 0.927. The molecule has 1 N–H and O–H groups in total. The molecular formula is C12H16N2O3S. The second-order valence-corrected chi connectivity index (χ2v) is 4.92. The molecule has 18 heavy (non-hydrogen) atoms. The number of rotatable bonds is 5. The highest BCUT2D eigenvalue weighted by Gasteiger charge is 2.10. The summed E-state index contributed by atoms with van der Waals surface area (Å²) in [6.07, 6.45) is 0.663. The Morgan fingerprint density at radius 3 is 2.56 bits per heavy atom. The van der Waals surface area contributed by atoms with E-state index in [1.165, 1.54) is 22.7 Å². The van der Waals surface area contributed by atoms with Crippen molar-refractivity contribution in [1.29, 1.82) is 0 Å². The zero-order chi connectivity index (χ0) is 13.7. The molecule has 6 heteroatoms. The third-order valence-corrected chi connectivity index (χ3v) is 3.20. The predicted octanol–water partition coefficient (Wildman–Crippen LogP) is 1.52. The maximum Gasteiger partial charge on any atom is 0.335 e.